The molecule has 0 radical (unpaired) electrons. The molecule has 1 rings (SSSR count). The van der Waals surface area contributed by atoms with Gasteiger partial charge in [0, 0.05) is 25.6 Å². The largest absolute Gasteiger partial charge is 0.356 e. The second-order valence-electron chi connectivity index (χ2n) is 4.68. The molecular formula is C12H25N3O. The summed E-state index contributed by atoms with van der Waals surface area (Å²) in [4.78, 5) is 13.7. The van der Waals surface area contributed by atoms with E-state index in [1.165, 1.54) is 19.3 Å². The Morgan fingerprint density at radius 3 is 2.88 bits per heavy atom. The highest BCUT2D eigenvalue weighted by molar-refractivity contribution is 5.75. The second-order valence-corrected chi connectivity index (χ2v) is 4.68. The maximum Gasteiger partial charge on any atom is 0.221 e. The van der Waals surface area contributed by atoms with Gasteiger partial charge in [-0.05, 0) is 39.3 Å². The van der Waals surface area contributed by atoms with Crippen molar-refractivity contribution in [3.05, 3.63) is 0 Å². The molecule has 0 aliphatic heterocycles. The minimum Gasteiger partial charge on any atom is -0.356 e. The van der Waals surface area contributed by atoms with Gasteiger partial charge in [-0.15, -0.1) is 0 Å². The van der Waals surface area contributed by atoms with E-state index in [4.69, 9.17) is 5.73 Å². The number of carbonyl (C=O) groups excluding carboxylic acids is 1. The summed E-state index contributed by atoms with van der Waals surface area (Å²) in [5.41, 5.74) is 5.76. The van der Waals surface area contributed by atoms with Crippen molar-refractivity contribution in [3.63, 3.8) is 0 Å². The Morgan fingerprint density at radius 2 is 2.25 bits per heavy atom. The first-order valence-corrected chi connectivity index (χ1v) is 6.36. The number of rotatable bonds is 6. The van der Waals surface area contributed by atoms with Crippen molar-refractivity contribution in [2.45, 2.75) is 38.6 Å². The van der Waals surface area contributed by atoms with Gasteiger partial charge in [0.1, 0.15) is 0 Å². The third kappa shape index (κ3) is 3.76. The molecule has 4 heteroatoms. The maximum atomic E-state index is 11.4. The second kappa shape index (κ2) is 6.86. The molecule has 1 saturated carbocycles. The number of nitrogens with one attached hydrogen (secondary N) is 1. The molecule has 0 heterocycles. The molecule has 1 amide bonds. The molecule has 1 aliphatic carbocycles. The summed E-state index contributed by atoms with van der Waals surface area (Å²) >= 11 is 0. The van der Waals surface area contributed by atoms with E-state index in [9.17, 15) is 4.79 Å². The van der Waals surface area contributed by atoms with Gasteiger partial charge in [0.05, 0.1) is 0 Å². The number of nitrogens with zero attached hydrogens (tertiary/aromatic N) is 1. The first-order valence-electron chi connectivity index (χ1n) is 6.36. The molecule has 0 bridgehead atoms. The van der Waals surface area contributed by atoms with Crippen LogP contribution in [0.2, 0.25) is 0 Å². The van der Waals surface area contributed by atoms with Gasteiger partial charge in [-0.2, -0.15) is 0 Å². The summed E-state index contributed by atoms with van der Waals surface area (Å²) in [7, 11) is 2.11. The van der Waals surface area contributed by atoms with E-state index in [1.54, 1.807) is 0 Å². The van der Waals surface area contributed by atoms with Crippen LogP contribution in [0.15, 0.2) is 0 Å². The van der Waals surface area contributed by atoms with Crippen LogP contribution < -0.4 is 11.1 Å². The average molecular weight is 227 g/mol. The number of hydrogen-bond donors (Lipinski definition) is 2. The van der Waals surface area contributed by atoms with Crippen LogP contribution >= 0.6 is 0 Å². The fraction of sp³-hybridized carbons (Fsp3) is 0.917. The molecule has 1 fully saturated rings. The Morgan fingerprint density at radius 1 is 1.50 bits per heavy atom. The fourth-order valence-electron chi connectivity index (χ4n) is 2.60. The maximum absolute atomic E-state index is 11.4. The lowest BCUT2D eigenvalue weighted by molar-refractivity contribution is -0.121. The fourth-order valence-corrected chi connectivity index (χ4v) is 2.60. The highest BCUT2D eigenvalue weighted by atomic mass is 16.1. The van der Waals surface area contributed by atoms with Gasteiger partial charge < -0.3 is 16.0 Å². The van der Waals surface area contributed by atoms with Crippen molar-refractivity contribution in [1.82, 2.24) is 10.2 Å². The monoisotopic (exact) mass is 227 g/mol. The number of carbonyl (C=O) groups is 1. The van der Waals surface area contributed by atoms with E-state index in [1.807, 2.05) is 6.92 Å². The summed E-state index contributed by atoms with van der Waals surface area (Å²) in [6.07, 6.45) is 4.34. The summed E-state index contributed by atoms with van der Waals surface area (Å²) in [6, 6.07) is 0.583. The Labute approximate surface area is 98.6 Å². The first kappa shape index (κ1) is 13.5. The standard InChI is InChI=1S/C12H25N3O/c1-3-14-12(16)7-8-15(2)11-6-4-5-10(11)9-13/h10-11H,3-9,13H2,1-2H3,(H,14,16). The number of nitrogens with two attached hydrogens (primary N) is 1. The molecule has 2 unspecified atom stereocenters. The minimum absolute atomic E-state index is 0.150. The highest BCUT2D eigenvalue weighted by Crippen LogP contribution is 2.28. The van der Waals surface area contributed by atoms with Crippen LogP contribution in [0.5, 0.6) is 0 Å². The van der Waals surface area contributed by atoms with Crippen LogP contribution in [0.1, 0.15) is 32.6 Å². The molecule has 0 aromatic rings. The minimum atomic E-state index is 0.150. The quantitative estimate of drug-likeness (QED) is 0.697. The molecule has 4 nitrogen and oxygen atoms in total. The lowest BCUT2D eigenvalue weighted by atomic mass is 10.0. The Kier molecular flexibility index (Phi) is 5.77. The van der Waals surface area contributed by atoms with Crippen LogP contribution in [0.25, 0.3) is 0 Å². The van der Waals surface area contributed by atoms with Crippen LogP contribution in [-0.2, 0) is 4.79 Å². The summed E-state index contributed by atoms with van der Waals surface area (Å²) in [5, 5.41) is 2.83. The molecule has 3 N–H and O–H groups in total. The van der Waals surface area contributed by atoms with Crippen LogP contribution in [0.3, 0.4) is 0 Å². The third-order valence-electron chi connectivity index (χ3n) is 3.55. The van der Waals surface area contributed by atoms with Crippen molar-refractivity contribution in [3.8, 4) is 0 Å². The summed E-state index contributed by atoms with van der Waals surface area (Å²) < 4.78 is 0. The summed E-state index contributed by atoms with van der Waals surface area (Å²) in [6.45, 7) is 4.28. The number of amides is 1. The molecule has 94 valence electrons. The van der Waals surface area contributed by atoms with Gasteiger partial charge in [0.25, 0.3) is 0 Å². The zero-order valence-electron chi connectivity index (χ0n) is 10.5. The zero-order valence-corrected chi connectivity index (χ0v) is 10.5. The lowest BCUT2D eigenvalue weighted by Crippen LogP contribution is -2.39. The van der Waals surface area contributed by atoms with Crippen LogP contribution in [0, 0.1) is 5.92 Å². The predicted molar refractivity (Wildman–Crippen MR) is 66.1 cm³/mol. The van der Waals surface area contributed by atoms with Crippen molar-refractivity contribution >= 4 is 5.91 Å². The van der Waals surface area contributed by atoms with Crippen LogP contribution in [-0.4, -0.2) is 43.5 Å². The van der Waals surface area contributed by atoms with Crippen molar-refractivity contribution in [1.29, 1.82) is 0 Å². The Bertz CT molecular complexity index is 220. The molecule has 2 atom stereocenters. The van der Waals surface area contributed by atoms with Gasteiger partial charge in [-0.3, -0.25) is 4.79 Å². The molecule has 0 spiro atoms. The van der Waals surface area contributed by atoms with Gasteiger partial charge in [0.15, 0.2) is 0 Å². The molecule has 0 aromatic carbocycles. The van der Waals surface area contributed by atoms with E-state index in [2.05, 4.69) is 17.3 Å². The van der Waals surface area contributed by atoms with Gasteiger partial charge in [-0.1, -0.05) is 6.42 Å². The van der Waals surface area contributed by atoms with Crippen molar-refractivity contribution in [2.75, 3.05) is 26.7 Å². The lowest BCUT2D eigenvalue weighted by Gasteiger charge is -2.28. The smallest absolute Gasteiger partial charge is 0.221 e. The van der Waals surface area contributed by atoms with Crippen molar-refractivity contribution in [2.24, 2.45) is 11.7 Å². The highest BCUT2D eigenvalue weighted by Gasteiger charge is 2.29. The average Bonchev–Trinajstić information content (AvgIpc) is 2.74. The van der Waals surface area contributed by atoms with E-state index >= 15 is 0 Å². The van der Waals surface area contributed by atoms with Crippen molar-refractivity contribution < 1.29 is 4.79 Å². The Hall–Kier alpha value is -0.610. The van der Waals surface area contributed by atoms with Crippen LogP contribution in [0.4, 0.5) is 0 Å². The molecular weight excluding hydrogens is 202 g/mol. The number of hydrogen-bond acceptors (Lipinski definition) is 3. The topological polar surface area (TPSA) is 58.4 Å². The van der Waals surface area contributed by atoms with Gasteiger partial charge >= 0.3 is 0 Å². The van der Waals surface area contributed by atoms with E-state index in [0.717, 1.165) is 19.6 Å². The Balaban J connectivity index is 2.28. The molecule has 0 aromatic heterocycles. The SMILES string of the molecule is CCNC(=O)CCN(C)C1CCCC1CN. The molecule has 1 aliphatic rings. The van der Waals surface area contributed by atoms with E-state index < -0.39 is 0 Å². The summed E-state index contributed by atoms with van der Waals surface area (Å²) in [5.74, 6) is 0.774. The van der Waals surface area contributed by atoms with Gasteiger partial charge in [0.2, 0.25) is 5.91 Å². The van der Waals surface area contributed by atoms with Gasteiger partial charge in [-0.25, -0.2) is 0 Å². The predicted octanol–water partition coefficient (Wildman–Crippen LogP) is 0.572. The third-order valence-corrected chi connectivity index (χ3v) is 3.55. The zero-order chi connectivity index (χ0) is 12.0. The van der Waals surface area contributed by atoms with E-state index in [-0.39, 0.29) is 5.91 Å². The molecule has 16 heavy (non-hydrogen) atoms. The first-order chi connectivity index (χ1) is 7.69. The van der Waals surface area contributed by atoms with E-state index in [0.29, 0.717) is 18.4 Å². The molecule has 0 saturated heterocycles. The normalized spacial score (nSPS) is 25.0.